The van der Waals surface area contributed by atoms with Gasteiger partial charge in [-0.2, -0.15) is 13.2 Å². The topological polar surface area (TPSA) is 85.8 Å². The number of para-hydroxylation sites is 1. The number of hydrogen-bond donors (Lipinski definition) is 2. The largest absolute Gasteiger partial charge is 0.490 e. The maximum Gasteiger partial charge on any atom is 0.490 e. The van der Waals surface area contributed by atoms with Crippen molar-refractivity contribution in [3.05, 3.63) is 59.9 Å². The van der Waals surface area contributed by atoms with Crippen LogP contribution in [0.2, 0.25) is 0 Å². The average Bonchev–Trinajstić information content (AvgIpc) is 2.77. The third kappa shape index (κ3) is 7.01. The Kier molecular flexibility index (Phi) is 8.62. The molecule has 34 heavy (non-hydrogen) atoms. The zero-order chi connectivity index (χ0) is 24.7. The lowest BCUT2D eigenvalue weighted by Gasteiger charge is -2.33. The summed E-state index contributed by atoms with van der Waals surface area (Å²) in [5.41, 5.74) is 3.19. The minimum absolute atomic E-state index is 0.0660. The number of nitrogens with one attached hydrogen (secondary N) is 1. The first kappa shape index (κ1) is 25.6. The van der Waals surface area contributed by atoms with Crippen molar-refractivity contribution >= 4 is 17.6 Å². The molecule has 1 amide bonds. The van der Waals surface area contributed by atoms with Gasteiger partial charge in [0.15, 0.2) is 0 Å². The summed E-state index contributed by atoms with van der Waals surface area (Å²) in [6.07, 6.45) is 0.226. The van der Waals surface area contributed by atoms with Crippen molar-refractivity contribution in [1.29, 1.82) is 0 Å². The molecule has 0 aliphatic carbocycles. The Balaban J connectivity index is 0.000000406. The third-order valence-electron chi connectivity index (χ3n) is 6.06. The van der Waals surface area contributed by atoms with Crippen LogP contribution in [0.3, 0.4) is 0 Å². The number of halogens is 3. The number of likely N-dealkylation sites (tertiary alicyclic amines) is 1. The molecule has 3 heterocycles. The Morgan fingerprint density at radius 1 is 1.12 bits per heavy atom. The molecule has 0 radical (unpaired) electrons. The van der Waals surface area contributed by atoms with Crippen LogP contribution in [-0.2, 0) is 16.1 Å². The van der Waals surface area contributed by atoms with E-state index in [0.717, 1.165) is 37.4 Å². The number of rotatable bonds is 5. The van der Waals surface area contributed by atoms with E-state index < -0.39 is 12.1 Å². The van der Waals surface area contributed by atoms with Crippen molar-refractivity contribution in [1.82, 2.24) is 15.2 Å². The van der Waals surface area contributed by atoms with Gasteiger partial charge in [-0.25, -0.2) is 4.79 Å². The molecule has 10 heteroatoms. The number of piperidine rings is 1. The molecule has 7 nitrogen and oxygen atoms in total. The number of carboxylic acids is 1. The molecule has 4 rings (SSSR count). The Bertz CT molecular complexity index is 942. The first-order valence-corrected chi connectivity index (χ1v) is 11.2. The molecule has 2 aliphatic rings. The molecule has 2 saturated heterocycles. The lowest BCUT2D eigenvalue weighted by molar-refractivity contribution is -0.192. The summed E-state index contributed by atoms with van der Waals surface area (Å²) < 4.78 is 31.7. The van der Waals surface area contributed by atoms with Crippen LogP contribution >= 0.6 is 0 Å². The summed E-state index contributed by atoms with van der Waals surface area (Å²) in [7, 11) is 2.18. The molecule has 184 valence electrons. The first-order valence-electron chi connectivity index (χ1n) is 11.2. The van der Waals surface area contributed by atoms with Crippen molar-refractivity contribution in [2.75, 3.05) is 31.6 Å². The summed E-state index contributed by atoms with van der Waals surface area (Å²) in [6.45, 7) is 3.73. The predicted molar refractivity (Wildman–Crippen MR) is 121 cm³/mol. The number of pyridine rings is 1. The number of amides is 1. The zero-order valence-electron chi connectivity index (χ0n) is 19.0. The second kappa shape index (κ2) is 11.4. The highest BCUT2D eigenvalue weighted by molar-refractivity contribution is 5.97. The van der Waals surface area contributed by atoms with Crippen LogP contribution in [0.1, 0.15) is 36.4 Å². The lowest BCUT2D eigenvalue weighted by atomic mass is 9.90. The summed E-state index contributed by atoms with van der Waals surface area (Å²) in [5, 5.41) is 10.3. The smallest absolute Gasteiger partial charge is 0.475 e. The predicted octanol–water partition coefficient (Wildman–Crippen LogP) is 3.42. The highest BCUT2D eigenvalue weighted by atomic mass is 19.4. The fourth-order valence-corrected chi connectivity index (χ4v) is 3.87. The maximum absolute atomic E-state index is 12.9. The van der Waals surface area contributed by atoms with Gasteiger partial charge < -0.3 is 20.2 Å². The molecule has 1 aromatic heterocycles. The van der Waals surface area contributed by atoms with Gasteiger partial charge in [-0.15, -0.1) is 0 Å². The Morgan fingerprint density at radius 3 is 2.21 bits per heavy atom. The highest BCUT2D eigenvalue weighted by Gasteiger charge is 2.38. The Labute approximate surface area is 196 Å². The number of aliphatic carboxylic acids is 1. The zero-order valence-corrected chi connectivity index (χ0v) is 19.0. The standard InChI is InChI=1S/C22H28N4O.C2HF3O2/c1-25-13-10-17(11-14-25)18-7-8-19(24-15-18)16-26(20-5-3-2-4-6-20)22(27)21-9-12-23-21;3-2(4,5)1(6)7/h2-8,15,17,21,23H,9-14,16H2,1H3;(H,6,7)/t21-;/m1./s1. The summed E-state index contributed by atoms with van der Waals surface area (Å²) in [6, 6.07) is 14.1. The minimum atomic E-state index is -5.08. The number of carbonyl (C=O) groups excluding carboxylic acids is 1. The molecule has 0 unspecified atom stereocenters. The lowest BCUT2D eigenvalue weighted by Crippen LogP contribution is -2.54. The van der Waals surface area contributed by atoms with Gasteiger partial charge in [0.25, 0.3) is 0 Å². The molecule has 2 fully saturated rings. The van der Waals surface area contributed by atoms with Crippen LogP contribution in [0.4, 0.5) is 18.9 Å². The van der Waals surface area contributed by atoms with Crippen LogP contribution in [0.15, 0.2) is 48.7 Å². The highest BCUT2D eigenvalue weighted by Crippen LogP contribution is 2.27. The van der Waals surface area contributed by atoms with Crippen molar-refractivity contribution in [2.45, 2.75) is 43.9 Å². The monoisotopic (exact) mass is 478 g/mol. The van der Waals surface area contributed by atoms with Crippen LogP contribution in [-0.4, -0.2) is 65.8 Å². The number of anilines is 1. The summed E-state index contributed by atoms with van der Waals surface area (Å²) in [4.78, 5) is 30.7. The number of alkyl halides is 3. The van der Waals surface area contributed by atoms with E-state index in [4.69, 9.17) is 14.9 Å². The van der Waals surface area contributed by atoms with Gasteiger partial charge in [0, 0.05) is 11.9 Å². The molecule has 1 aromatic carbocycles. The second-order valence-electron chi connectivity index (χ2n) is 8.52. The van der Waals surface area contributed by atoms with Crippen LogP contribution in [0.5, 0.6) is 0 Å². The molecular formula is C24H29F3N4O3. The molecule has 2 aliphatic heterocycles. The van der Waals surface area contributed by atoms with Gasteiger partial charge in [-0.3, -0.25) is 9.78 Å². The molecule has 0 spiro atoms. The van der Waals surface area contributed by atoms with E-state index in [2.05, 4.69) is 29.4 Å². The Hall–Kier alpha value is -2.98. The van der Waals surface area contributed by atoms with E-state index in [0.29, 0.717) is 12.5 Å². The molecular weight excluding hydrogens is 449 g/mol. The van der Waals surface area contributed by atoms with Gasteiger partial charge in [0.05, 0.1) is 18.3 Å². The van der Waals surface area contributed by atoms with E-state index in [1.54, 1.807) is 0 Å². The van der Waals surface area contributed by atoms with E-state index in [1.165, 1.54) is 18.4 Å². The van der Waals surface area contributed by atoms with Crippen LogP contribution < -0.4 is 10.2 Å². The van der Waals surface area contributed by atoms with Gasteiger partial charge >= 0.3 is 12.1 Å². The van der Waals surface area contributed by atoms with E-state index in [1.807, 2.05) is 41.4 Å². The second-order valence-corrected chi connectivity index (χ2v) is 8.52. The molecule has 1 atom stereocenters. The third-order valence-corrected chi connectivity index (χ3v) is 6.06. The quantitative estimate of drug-likeness (QED) is 0.685. The van der Waals surface area contributed by atoms with E-state index in [-0.39, 0.29) is 11.9 Å². The van der Waals surface area contributed by atoms with Gasteiger partial charge in [-0.05, 0) is 75.6 Å². The number of carboxylic acid groups (broad SMARTS) is 1. The van der Waals surface area contributed by atoms with Crippen LogP contribution in [0, 0.1) is 0 Å². The van der Waals surface area contributed by atoms with Gasteiger partial charge in [-0.1, -0.05) is 24.3 Å². The van der Waals surface area contributed by atoms with Crippen molar-refractivity contribution < 1.29 is 27.9 Å². The normalized spacial score (nSPS) is 18.9. The number of benzene rings is 1. The number of hydrogen-bond acceptors (Lipinski definition) is 5. The summed E-state index contributed by atoms with van der Waals surface area (Å²) >= 11 is 0. The Morgan fingerprint density at radius 2 is 1.74 bits per heavy atom. The fraction of sp³-hybridized carbons (Fsp3) is 0.458. The minimum Gasteiger partial charge on any atom is -0.475 e. The van der Waals surface area contributed by atoms with Crippen LogP contribution in [0.25, 0.3) is 0 Å². The van der Waals surface area contributed by atoms with E-state index >= 15 is 0 Å². The van der Waals surface area contributed by atoms with Crippen molar-refractivity contribution in [3.8, 4) is 0 Å². The molecule has 2 N–H and O–H groups in total. The van der Waals surface area contributed by atoms with Gasteiger partial charge in [0.1, 0.15) is 0 Å². The number of nitrogens with zero attached hydrogens (tertiary/aromatic N) is 3. The maximum atomic E-state index is 12.9. The first-order chi connectivity index (χ1) is 16.1. The number of aromatic nitrogens is 1. The summed E-state index contributed by atoms with van der Waals surface area (Å²) in [5.74, 6) is -2.02. The van der Waals surface area contributed by atoms with Crippen molar-refractivity contribution in [3.63, 3.8) is 0 Å². The van der Waals surface area contributed by atoms with Crippen molar-refractivity contribution in [2.24, 2.45) is 0 Å². The van der Waals surface area contributed by atoms with Gasteiger partial charge in [0.2, 0.25) is 5.91 Å². The van der Waals surface area contributed by atoms with E-state index in [9.17, 15) is 18.0 Å². The molecule has 0 bridgehead atoms. The molecule has 0 saturated carbocycles. The fourth-order valence-electron chi connectivity index (χ4n) is 3.87. The molecule has 2 aromatic rings. The number of carbonyl (C=O) groups is 2. The average molecular weight is 479 g/mol. The SMILES string of the molecule is CN1CCC(c2ccc(CN(C(=O)[C@H]3CCN3)c3ccccc3)nc2)CC1.O=C(O)C(F)(F)F.